The number of amidine groups is 1. The standard InChI is InChI=1S/C35H43Cl2N5O4S/c1-8-46-29-22-30(33(3,4)5)38-23-28(29)31-39-34(6,24-10-14-26(36)15-11-24)35(7,25-12-16-27(37)17-13-25)42(31)32(43)40-18-20-41(21-19-40)47(44,45)9-2/h10-17,22-23H,8-9,18-21H2,1-7H3/t34-,35+/m0/s1. The van der Waals surface area contributed by atoms with E-state index in [1.165, 1.54) is 4.31 Å². The van der Waals surface area contributed by atoms with Crippen LogP contribution in [0.2, 0.25) is 10.0 Å². The maximum absolute atomic E-state index is 15.0. The van der Waals surface area contributed by atoms with E-state index in [2.05, 4.69) is 20.8 Å². The highest BCUT2D eigenvalue weighted by molar-refractivity contribution is 7.89. The molecule has 0 saturated carbocycles. The smallest absolute Gasteiger partial charge is 0.326 e. The number of urea groups is 1. The molecule has 2 amide bonds. The summed E-state index contributed by atoms with van der Waals surface area (Å²) in [5.74, 6) is 0.988. The number of carbonyl (C=O) groups is 1. The van der Waals surface area contributed by atoms with Gasteiger partial charge in [-0.25, -0.2) is 13.2 Å². The number of aliphatic imine (C=N–C) groups is 1. The molecular formula is C35H43Cl2N5O4S. The van der Waals surface area contributed by atoms with Gasteiger partial charge in [-0.2, -0.15) is 4.31 Å². The number of piperazine rings is 1. The van der Waals surface area contributed by atoms with Crippen molar-refractivity contribution < 1.29 is 17.9 Å². The van der Waals surface area contributed by atoms with Gasteiger partial charge in [-0.15, -0.1) is 0 Å². The summed E-state index contributed by atoms with van der Waals surface area (Å²) < 4.78 is 33.0. The number of benzene rings is 2. The third kappa shape index (κ3) is 6.37. The molecule has 0 radical (unpaired) electrons. The van der Waals surface area contributed by atoms with Crippen LogP contribution in [0.15, 0.2) is 65.8 Å². The molecule has 252 valence electrons. The Morgan fingerprint density at radius 1 is 0.915 bits per heavy atom. The van der Waals surface area contributed by atoms with E-state index in [1.807, 2.05) is 75.4 Å². The zero-order chi connectivity index (χ0) is 34.4. The van der Waals surface area contributed by atoms with E-state index in [0.717, 1.165) is 16.8 Å². The van der Waals surface area contributed by atoms with Crippen LogP contribution in [0.4, 0.5) is 4.79 Å². The maximum Gasteiger partial charge on any atom is 0.326 e. The number of hydrogen-bond acceptors (Lipinski definition) is 6. The van der Waals surface area contributed by atoms with Crippen LogP contribution in [-0.2, 0) is 26.5 Å². The number of nitrogens with zero attached hydrogens (tertiary/aromatic N) is 5. The second kappa shape index (κ2) is 13.0. The molecule has 0 unspecified atom stereocenters. The van der Waals surface area contributed by atoms with E-state index in [9.17, 15) is 8.42 Å². The molecule has 5 rings (SSSR count). The van der Waals surface area contributed by atoms with Crippen molar-refractivity contribution in [3.63, 3.8) is 0 Å². The van der Waals surface area contributed by atoms with Crippen molar-refractivity contribution in [2.45, 2.75) is 65.0 Å². The van der Waals surface area contributed by atoms with Crippen molar-refractivity contribution >= 4 is 45.1 Å². The van der Waals surface area contributed by atoms with E-state index in [0.29, 0.717) is 33.8 Å². The molecule has 0 spiro atoms. The minimum absolute atomic E-state index is 0.00965. The monoisotopic (exact) mass is 699 g/mol. The summed E-state index contributed by atoms with van der Waals surface area (Å²) in [6.07, 6.45) is 1.74. The van der Waals surface area contributed by atoms with Gasteiger partial charge < -0.3 is 9.64 Å². The summed E-state index contributed by atoms with van der Waals surface area (Å²) in [5.41, 5.74) is 0.741. The number of ether oxygens (including phenoxy) is 1. The zero-order valence-corrected chi connectivity index (χ0v) is 30.4. The van der Waals surface area contributed by atoms with Crippen LogP contribution in [0.25, 0.3) is 0 Å². The molecule has 0 N–H and O–H groups in total. The summed E-state index contributed by atoms with van der Waals surface area (Å²) >= 11 is 12.7. The van der Waals surface area contributed by atoms with Gasteiger partial charge in [0.1, 0.15) is 22.7 Å². The lowest BCUT2D eigenvalue weighted by Gasteiger charge is -2.47. The van der Waals surface area contributed by atoms with Crippen LogP contribution in [-0.4, -0.2) is 77.9 Å². The van der Waals surface area contributed by atoms with Crippen LogP contribution >= 0.6 is 23.2 Å². The number of hydrogen-bond donors (Lipinski definition) is 0. The summed E-state index contributed by atoms with van der Waals surface area (Å²) in [6, 6.07) is 16.6. The molecule has 2 aliphatic heterocycles. The van der Waals surface area contributed by atoms with Gasteiger partial charge in [0.15, 0.2) is 0 Å². The summed E-state index contributed by atoms with van der Waals surface area (Å²) in [4.78, 5) is 28.7. The molecule has 9 nitrogen and oxygen atoms in total. The first-order chi connectivity index (χ1) is 22.1. The number of rotatable bonds is 7. The van der Waals surface area contributed by atoms with Gasteiger partial charge in [-0.1, -0.05) is 68.2 Å². The second-order valence-electron chi connectivity index (χ2n) is 13.2. The first-order valence-corrected chi connectivity index (χ1v) is 18.3. The van der Waals surface area contributed by atoms with Crippen LogP contribution in [0, 0.1) is 0 Å². The molecule has 2 aliphatic rings. The molecule has 0 aliphatic carbocycles. The zero-order valence-electron chi connectivity index (χ0n) is 28.0. The Bertz CT molecular complexity index is 1770. The Kier molecular flexibility index (Phi) is 9.74. The minimum atomic E-state index is -3.39. The fourth-order valence-corrected chi connectivity index (χ4v) is 7.68. The highest BCUT2D eigenvalue weighted by atomic mass is 35.5. The van der Waals surface area contributed by atoms with Gasteiger partial charge in [0.2, 0.25) is 10.0 Å². The summed E-state index contributed by atoms with van der Waals surface area (Å²) in [6.45, 7) is 15.1. The SMILES string of the molecule is CCOc1cc(C(C)(C)C)ncc1C1=N[C@@](C)(c2ccc(Cl)cc2)[C@@](C)(c2ccc(Cl)cc2)N1C(=O)N1CCN(S(=O)(=O)CC)CC1. The van der Waals surface area contributed by atoms with Crippen molar-refractivity contribution in [1.82, 2.24) is 19.1 Å². The number of amides is 2. The Morgan fingerprint density at radius 2 is 1.47 bits per heavy atom. The molecule has 47 heavy (non-hydrogen) atoms. The minimum Gasteiger partial charge on any atom is -0.493 e. The van der Waals surface area contributed by atoms with Crippen molar-refractivity contribution in [1.29, 1.82) is 0 Å². The lowest BCUT2D eigenvalue weighted by molar-refractivity contribution is 0.0979. The van der Waals surface area contributed by atoms with Gasteiger partial charge in [0.25, 0.3) is 0 Å². The normalized spacial score (nSPS) is 22.4. The fraction of sp³-hybridized carbons (Fsp3) is 0.457. The van der Waals surface area contributed by atoms with E-state index in [1.54, 1.807) is 22.9 Å². The van der Waals surface area contributed by atoms with Crippen molar-refractivity contribution in [3.05, 3.63) is 93.2 Å². The number of sulfonamides is 1. The lowest BCUT2D eigenvalue weighted by Crippen LogP contribution is -2.61. The first kappa shape index (κ1) is 35.1. The molecule has 2 atom stereocenters. The molecule has 1 fully saturated rings. The number of halogens is 2. The first-order valence-electron chi connectivity index (χ1n) is 15.9. The molecule has 1 saturated heterocycles. The summed E-state index contributed by atoms with van der Waals surface area (Å²) in [7, 11) is -3.39. The van der Waals surface area contributed by atoms with Crippen LogP contribution in [0.5, 0.6) is 5.75 Å². The summed E-state index contributed by atoms with van der Waals surface area (Å²) in [5, 5.41) is 1.15. The highest BCUT2D eigenvalue weighted by Crippen LogP contribution is 2.54. The predicted molar refractivity (Wildman–Crippen MR) is 188 cm³/mol. The number of aromatic nitrogens is 1. The van der Waals surface area contributed by atoms with Crippen molar-refractivity contribution in [2.75, 3.05) is 38.5 Å². The maximum atomic E-state index is 15.0. The molecular weight excluding hydrogens is 657 g/mol. The van der Waals surface area contributed by atoms with Gasteiger partial charge in [-0.3, -0.25) is 14.9 Å². The van der Waals surface area contributed by atoms with Crippen LogP contribution in [0.1, 0.15) is 70.9 Å². The second-order valence-corrected chi connectivity index (χ2v) is 16.4. The van der Waals surface area contributed by atoms with Gasteiger partial charge in [0.05, 0.1) is 17.9 Å². The average molecular weight is 701 g/mol. The Labute approximate surface area is 288 Å². The average Bonchev–Trinajstić information content (AvgIpc) is 3.29. The Hall–Kier alpha value is -3.18. The van der Waals surface area contributed by atoms with E-state index >= 15 is 4.79 Å². The molecule has 0 bridgehead atoms. The molecule has 12 heteroatoms. The lowest BCUT2D eigenvalue weighted by atomic mass is 9.71. The third-order valence-corrected chi connectivity index (χ3v) is 11.8. The van der Waals surface area contributed by atoms with Crippen molar-refractivity contribution in [2.24, 2.45) is 4.99 Å². The van der Waals surface area contributed by atoms with Crippen LogP contribution < -0.4 is 4.74 Å². The van der Waals surface area contributed by atoms with Crippen molar-refractivity contribution in [3.8, 4) is 5.75 Å². The van der Waals surface area contributed by atoms with E-state index < -0.39 is 21.1 Å². The molecule has 3 heterocycles. The fourth-order valence-electron chi connectivity index (χ4n) is 6.34. The molecule has 1 aromatic heterocycles. The topological polar surface area (TPSA) is 95.4 Å². The Morgan fingerprint density at radius 3 is 1.98 bits per heavy atom. The largest absolute Gasteiger partial charge is 0.493 e. The molecule has 2 aromatic carbocycles. The van der Waals surface area contributed by atoms with Gasteiger partial charge in [0, 0.05) is 59.6 Å². The quantitative estimate of drug-likeness (QED) is 0.263. The van der Waals surface area contributed by atoms with Crippen LogP contribution in [0.3, 0.4) is 0 Å². The molecule has 3 aromatic rings. The van der Waals surface area contributed by atoms with E-state index in [4.69, 9.17) is 37.9 Å². The van der Waals surface area contributed by atoms with Gasteiger partial charge in [-0.05, 0) is 63.1 Å². The highest BCUT2D eigenvalue weighted by Gasteiger charge is 2.60. The number of pyridine rings is 1. The van der Waals surface area contributed by atoms with Gasteiger partial charge >= 0.3 is 6.03 Å². The predicted octanol–water partition coefficient (Wildman–Crippen LogP) is 7.06. The Balaban J connectivity index is 1.74. The third-order valence-electron chi connectivity index (χ3n) is 9.38. The van der Waals surface area contributed by atoms with E-state index in [-0.39, 0.29) is 43.4 Å². The number of carbonyl (C=O) groups excluding carboxylic acids is 1.